The molecule has 0 aromatic carbocycles. The number of hydrogen-bond acceptors (Lipinski definition) is 3. The van der Waals surface area contributed by atoms with Gasteiger partial charge in [0.25, 0.3) is 10.1 Å². The average molecular weight is 456 g/mol. The minimum atomic E-state index is -7.95. The first kappa shape index (κ1) is 26.0. The Kier molecular flexibility index (Phi) is 6.85. The highest BCUT2D eigenvalue weighted by Gasteiger charge is 2.90. The van der Waals surface area contributed by atoms with Gasteiger partial charge in [0, 0.05) is 6.42 Å². The maximum absolute atomic E-state index is 13.2. The van der Waals surface area contributed by atoms with Crippen molar-refractivity contribution in [2.45, 2.75) is 48.6 Å². The predicted octanol–water partition coefficient (Wildman–Crippen LogP) is 4.48. The van der Waals surface area contributed by atoms with E-state index in [9.17, 15) is 65.5 Å². The van der Waals surface area contributed by atoms with Gasteiger partial charge in [0.05, 0.1) is 12.9 Å². The van der Waals surface area contributed by atoms with E-state index >= 15 is 0 Å². The summed E-state index contributed by atoms with van der Waals surface area (Å²) in [5.74, 6) is -37.2. The van der Waals surface area contributed by atoms with Gasteiger partial charge in [-0.25, -0.2) is 0 Å². The second-order valence-corrected chi connectivity index (χ2v) is 6.77. The molecule has 0 spiro atoms. The predicted molar refractivity (Wildman–Crippen MR) is 60.8 cm³/mol. The third-order valence-corrected chi connectivity index (χ3v) is 3.53. The van der Waals surface area contributed by atoms with Gasteiger partial charge in [0.2, 0.25) is 0 Å². The van der Waals surface area contributed by atoms with Gasteiger partial charge in [-0.2, -0.15) is 65.5 Å². The first-order valence-electron chi connectivity index (χ1n) is 6.26. The van der Waals surface area contributed by atoms with Crippen LogP contribution in [0.4, 0.5) is 57.1 Å². The zero-order valence-corrected chi connectivity index (χ0v) is 13.5. The van der Waals surface area contributed by atoms with Gasteiger partial charge in [-0.3, -0.25) is 4.18 Å². The van der Waals surface area contributed by atoms with Gasteiger partial charge in [0.1, 0.15) is 0 Å². The molecule has 0 aromatic rings. The van der Waals surface area contributed by atoms with E-state index in [2.05, 4.69) is 4.18 Å². The molecule has 0 N–H and O–H groups in total. The molecule has 0 bridgehead atoms. The second kappa shape index (κ2) is 7.11. The SMILES string of the molecule is CS(=O)(=O)OCCCC(F)(F)C(F)(F)C(F)(F)C(F)(F)C(F)(F)C(F)(F)F. The number of rotatable bonds is 9. The number of alkyl halides is 13. The third-order valence-electron chi connectivity index (χ3n) is 2.93. The van der Waals surface area contributed by atoms with Crippen molar-refractivity contribution in [2.24, 2.45) is 0 Å². The Bertz CT molecular complexity index is 623. The van der Waals surface area contributed by atoms with E-state index in [4.69, 9.17) is 0 Å². The van der Waals surface area contributed by atoms with Crippen molar-refractivity contribution in [3.63, 3.8) is 0 Å². The van der Waals surface area contributed by atoms with Gasteiger partial charge < -0.3 is 0 Å². The molecule has 0 unspecified atom stereocenters. The Hall–Kier alpha value is -1.00. The summed E-state index contributed by atoms with van der Waals surface area (Å²) >= 11 is 0. The molecule has 17 heteroatoms. The molecule has 0 atom stereocenters. The smallest absolute Gasteiger partial charge is 0.270 e. The Morgan fingerprint density at radius 2 is 1.04 bits per heavy atom. The fourth-order valence-corrected chi connectivity index (χ4v) is 1.88. The van der Waals surface area contributed by atoms with E-state index in [1.54, 1.807) is 0 Å². The second-order valence-electron chi connectivity index (χ2n) is 5.13. The molecule has 0 amide bonds. The Morgan fingerprint density at radius 1 is 0.667 bits per heavy atom. The minimum Gasteiger partial charge on any atom is -0.270 e. The summed E-state index contributed by atoms with van der Waals surface area (Å²) in [7, 11) is -4.29. The molecule has 0 aliphatic rings. The lowest BCUT2D eigenvalue weighted by atomic mass is 9.92. The molecule has 27 heavy (non-hydrogen) atoms. The summed E-state index contributed by atoms with van der Waals surface area (Å²) in [5.41, 5.74) is 0. The lowest BCUT2D eigenvalue weighted by molar-refractivity contribution is -0.440. The van der Waals surface area contributed by atoms with Crippen molar-refractivity contribution in [1.29, 1.82) is 0 Å². The van der Waals surface area contributed by atoms with Crippen LogP contribution in [0.2, 0.25) is 0 Å². The lowest BCUT2D eigenvalue weighted by Crippen LogP contribution is -2.70. The highest BCUT2D eigenvalue weighted by molar-refractivity contribution is 7.85. The van der Waals surface area contributed by atoms with Crippen LogP contribution in [0.25, 0.3) is 0 Å². The van der Waals surface area contributed by atoms with Crippen molar-refractivity contribution in [2.75, 3.05) is 12.9 Å². The Balaban J connectivity index is 5.74. The van der Waals surface area contributed by atoms with E-state index in [1.165, 1.54) is 0 Å². The van der Waals surface area contributed by atoms with Crippen LogP contribution in [0, 0.1) is 0 Å². The van der Waals surface area contributed by atoms with Gasteiger partial charge in [-0.05, 0) is 6.42 Å². The maximum atomic E-state index is 13.2. The van der Waals surface area contributed by atoms with Crippen molar-refractivity contribution in [3.05, 3.63) is 0 Å². The van der Waals surface area contributed by atoms with E-state index in [-0.39, 0.29) is 0 Å². The molecule has 0 heterocycles. The van der Waals surface area contributed by atoms with Crippen LogP contribution in [-0.2, 0) is 14.3 Å². The van der Waals surface area contributed by atoms with Crippen molar-refractivity contribution < 1.29 is 69.7 Å². The van der Waals surface area contributed by atoms with Gasteiger partial charge in [-0.15, -0.1) is 0 Å². The highest BCUT2D eigenvalue weighted by Crippen LogP contribution is 2.60. The summed E-state index contributed by atoms with van der Waals surface area (Å²) < 4.78 is 190. The minimum absolute atomic E-state index is 0.369. The summed E-state index contributed by atoms with van der Waals surface area (Å²) in [6.07, 6.45) is -11.1. The van der Waals surface area contributed by atoms with Crippen molar-refractivity contribution in [3.8, 4) is 0 Å². The molecule has 164 valence electrons. The maximum Gasteiger partial charge on any atom is 0.460 e. The largest absolute Gasteiger partial charge is 0.460 e. The molecule has 0 rings (SSSR count). The molecule has 0 saturated heterocycles. The van der Waals surface area contributed by atoms with Crippen LogP contribution in [0.1, 0.15) is 12.8 Å². The molecular formula is C10H9F13O3S. The lowest BCUT2D eigenvalue weighted by Gasteiger charge is -2.39. The standard InChI is InChI=1S/C10H9F13O3S/c1-27(24,25)26-4-2-3-5(11,12)6(13,14)7(15,16)8(17,18)9(19,20)10(21,22)23/h2-4H2,1H3. The molecule has 0 saturated carbocycles. The first-order valence-corrected chi connectivity index (χ1v) is 8.07. The topological polar surface area (TPSA) is 43.4 Å². The Labute approximate surface area is 142 Å². The van der Waals surface area contributed by atoms with Gasteiger partial charge in [0.15, 0.2) is 0 Å². The van der Waals surface area contributed by atoms with Crippen molar-refractivity contribution in [1.82, 2.24) is 0 Å². The van der Waals surface area contributed by atoms with Crippen LogP contribution in [-0.4, -0.2) is 57.1 Å². The summed E-state index contributed by atoms with van der Waals surface area (Å²) in [6.45, 7) is -1.31. The summed E-state index contributed by atoms with van der Waals surface area (Å²) in [5, 5.41) is 0. The normalized spacial score (nSPS) is 15.9. The first-order chi connectivity index (χ1) is 11.5. The molecule has 0 aromatic heterocycles. The van der Waals surface area contributed by atoms with E-state index in [0.29, 0.717) is 6.26 Å². The van der Waals surface area contributed by atoms with Crippen molar-refractivity contribution >= 4 is 10.1 Å². The average Bonchev–Trinajstić information content (AvgIpc) is 2.40. The van der Waals surface area contributed by atoms with Crippen LogP contribution >= 0.6 is 0 Å². The molecule has 0 aliphatic carbocycles. The summed E-state index contributed by atoms with van der Waals surface area (Å²) in [6, 6.07) is 0. The quantitative estimate of drug-likeness (QED) is 0.292. The third kappa shape index (κ3) is 4.71. The molecular weight excluding hydrogens is 447 g/mol. The van der Waals surface area contributed by atoms with Gasteiger partial charge >= 0.3 is 35.8 Å². The van der Waals surface area contributed by atoms with E-state index in [0.717, 1.165) is 0 Å². The van der Waals surface area contributed by atoms with Crippen LogP contribution < -0.4 is 0 Å². The Morgan fingerprint density at radius 3 is 1.37 bits per heavy atom. The molecule has 3 nitrogen and oxygen atoms in total. The van der Waals surface area contributed by atoms with Crippen LogP contribution in [0.15, 0.2) is 0 Å². The molecule has 0 aliphatic heterocycles. The van der Waals surface area contributed by atoms with Crippen LogP contribution in [0.3, 0.4) is 0 Å². The number of halogens is 13. The molecule has 0 fully saturated rings. The fraction of sp³-hybridized carbons (Fsp3) is 1.00. The zero-order chi connectivity index (χ0) is 22.3. The highest BCUT2D eigenvalue weighted by atomic mass is 32.2. The number of hydrogen-bond donors (Lipinski definition) is 0. The van der Waals surface area contributed by atoms with Crippen LogP contribution in [0.5, 0.6) is 0 Å². The summed E-state index contributed by atoms with van der Waals surface area (Å²) in [4.78, 5) is 0. The van der Waals surface area contributed by atoms with E-state index in [1.807, 2.05) is 0 Å². The molecule has 0 radical (unpaired) electrons. The monoisotopic (exact) mass is 456 g/mol. The van der Waals surface area contributed by atoms with E-state index < -0.39 is 65.4 Å². The van der Waals surface area contributed by atoms with Gasteiger partial charge in [-0.1, -0.05) is 0 Å². The zero-order valence-electron chi connectivity index (χ0n) is 12.7. The fourth-order valence-electron chi connectivity index (χ4n) is 1.46.